The van der Waals surface area contributed by atoms with Crippen LogP contribution in [-0.4, -0.2) is 24.2 Å². The summed E-state index contributed by atoms with van der Waals surface area (Å²) in [6.45, 7) is 1.43. The fourth-order valence-corrected chi connectivity index (χ4v) is 2.60. The Balaban J connectivity index is 1.81. The van der Waals surface area contributed by atoms with E-state index >= 15 is 0 Å². The lowest BCUT2D eigenvalue weighted by Crippen LogP contribution is -2.45. The van der Waals surface area contributed by atoms with Gasteiger partial charge in [0.1, 0.15) is 11.4 Å². The van der Waals surface area contributed by atoms with Gasteiger partial charge in [-0.3, -0.25) is 0 Å². The van der Waals surface area contributed by atoms with E-state index in [0.29, 0.717) is 24.7 Å². The predicted molar refractivity (Wildman–Crippen MR) is 74.8 cm³/mol. The molecule has 0 bridgehead atoms. The number of benzene rings is 2. The fourth-order valence-electron chi connectivity index (χ4n) is 2.60. The van der Waals surface area contributed by atoms with Crippen molar-refractivity contribution >= 4 is 11.7 Å². The quantitative estimate of drug-likeness (QED) is 0.932. The van der Waals surface area contributed by atoms with E-state index in [-0.39, 0.29) is 5.56 Å². The highest BCUT2D eigenvalue weighted by Crippen LogP contribution is 2.34. The first-order valence-electron chi connectivity index (χ1n) is 6.48. The Bertz CT molecular complexity index is 636. The maximum atomic E-state index is 13.6. The van der Waals surface area contributed by atoms with Crippen LogP contribution < -0.4 is 4.90 Å². The first-order chi connectivity index (χ1) is 9.66. The number of rotatable bonds is 3. The molecule has 1 N–H and O–H groups in total. The van der Waals surface area contributed by atoms with Crippen LogP contribution in [0.15, 0.2) is 48.5 Å². The highest BCUT2D eigenvalue weighted by Gasteiger charge is 2.31. The second-order valence-electron chi connectivity index (χ2n) is 4.95. The lowest BCUT2D eigenvalue weighted by Gasteiger charge is -2.42. The molecule has 2 aromatic carbocycles. The summed E-state index contributed by atoms with van der Waals surface area (Å²) in [5.41, 5.74) is 1.46. The van der Waals surface area contributed by atoms with Crippen molar-refractivity contribution in [2.24, 2.45) is 0 Å². The van der Waals surface area contributed by atoms with Crippen molar-refractivity contribution in [3.05, 3.63) is 65.5 Å². The molecule has 2 aromatic rings. The van der Waals surface area contributed by atoms with Gasteiger partial charge in [0.05, 0.1) is 5.69 Å². The van der Waals surface area contributed by atoms with Crippen LogP contribution in [-0.2, 0) is 0 Å². The van der Waals surface area contributed by atoms with Gasteiger partial charge < -0.3 is 10.0 Å². The molecule has 0 radical (unpaired) electrons. The molecule has 102 valence electrons. The van der Waals surface area contributed by atoms with Crippen LogP contribution in [0.1, 0.15) is 21.8 Å². The van der Waals surface area contributed by atoms with Gasteiger partial charge in [-0.05, 0) is 17.7 Å². The molecule has 1 aliphatic heterocycles. The van der Waals surface area contributed by atoms with Crippen molar-refractivity contribution in [1.82, 2.24) is 0 Å². The van der Waals surface area contributed by atoms with E-state index in [1.165, 1.54) is 11.6 Å². The number of hydrogen-bond donors (Lipinski definition) is 1. The lowest BCUT2D eigenvalue weighted by atomic mass is 9.90. The molecule has 0 spiro atoms. The summed E-state index contributed by atoms with van der Waals surface area (Å²) < 4.78 is 13.6. The van der Waals surface area contributed by atoms with E-state index in [1.54, 1.807) is 12.1 Å². The second kappa shape index (κ2) is 4.96. The molecule has 20 heavy (non-hydrogen) atoms. The average molecular weight is 271 g/mol. The first-order valence-corrected chi connectivity index (χ1v) is 6.48. The van der Waals surface area contributed by atoms with Crippen LogP contribution in [0.4, 0.5) is 10.1 Å². The van der Waals surface area contributed by atoms with Crippen molar-refractivity contribution in [2.45, 2.75) is 5.92 Å². The zero-order valence-electron chi connectivity index (χ0n) is 10.8. The van der Waals surface area contributed by atoms with Gasteiger partial charge >= 0.3 is 5.97 Å². The molecular formula is C16H14FNO2. The molecule has 1 fully saturated rings. The minimum atomic E-state index is -1.22. The van der Waals surface area contributed by atoms with E-state index < -0.39 is 11.8 Å². The first kappa shape index (κ1) is 12.7. The van der Waals surface area contributed by atoms with E-state index in [1.807, 2.05) is 23.1 Å². The summed E-state index contributed by atoms with van der Waals surface area (Å²) in [4.78, 5) is 13.1. The van der Waals surface area contributed by atoms with Crippen molar-refractivity contribution in [3.8, 4) is 0 Å². The lowest BCUT2D eigenvalue weighted by molar-refractivity contribution is 0.0692. The molecule has 0 aliphatic carbocycles. The Morgan fingerprint density at radius 1 is 1.10 bits per heavy atom. The van der Waals surface area contributed by atoms with Gasteiger partial charge in [-0.2, -0.15) is 0 Å². The SMILES string of the molecule is O=C(O)c1c(F)cccc1N1CC(c2ccccc2)C1. The number of halogens is 1. The molecule has 3 rings (SSSR count). The average Bonchev–Trinajstić information content (AvgIpc) is 2.38. The predicted octanol–water partition coefficient (Wildman–Crippen LogP) is 3.13. The highest BCUT2D eigenvalue weighted by molar-refractivity contribution is 5.95. The Kier molecular flexibility index (Phi) is 3.14. The smallest absolute Gasteiger partial charge is 0.340 e. The molecule has 0 amide bonds. The molecule has 1 aliphatic rings. The van der Waals surface area contributed by atoms with E-state index in [2.05, 4.69) is 12.1 Å². The Morgan fingerprint density at radius 2 is 1.80 bits per heavy atom. The van der Waals surface area contributed by atoms with Gasteiger partial charge in [0, 0.05) is 19.0 Å². The van der Waals surface area contributed by atoms with Gasteiger partial charge in [0.15, 0.2) is 0 Å². The van der Waals surface area contributed by atoms with Gasteiger partial charge in [-0.15, -0.1) is 0 Å². The zero-order chi connectivity index (χ0) is 14.1. The minimum absolute atomic E-state index is 0.237. The maximum Gasteiger partial charge on any atom is 0.340 e. The number of aromatic carboxylic acids is 1. The Hall–Kier alpha value is -2.36. The topological polar surface area (TPSA) is 40.5 Å². The summed E-state index contributed by atoms with van der Waals surface area (Å²) in [5.74, 6) is -1.53. The fraction of sp³-hybridized carbons (Fsp3) is 0.188. The summed E-state index contributed by atoms with van der Waals surface area (Å²) >= 11 is 0. The van der Waals surface area contributed by atoms with Gasteiger partial charge in [0.25, 0.3) is 0 Å². The summed E-state index contributed by atoms with van der Waals surface area (Å²) in [7, 11) is 0. The van der Waals surface area contributed by atoms with Gasteiger partial charge in [-0.1, -0.05) is 36.4 Å². The highest BCUT2D eigenvalue weighted by atomic mass is 19.1. The van der Waals surface area contributed by atoms with Crippen molar-refractivity contribution in [3.63, 3.8) is 0 Å². The number of carboxylic acids is 1. The summed E-state index contributed by atoms with van der Waals surface area (Å²) in [5, 5.41) is 9.13. The maximum absolute atomic E-state index is 13.6. The van der Waals surface area contributed by atoms with Crippen LogP contribution in [0.25, 0.3) is 0 Å². The molecule has 0 atom stereocenters. The summed E-state index contributed by atoms with van der Waals surface area (Å²) in [6, 6.07) is 14.5. The number of nitrogens with zero attached hydrogens (tertiary/aromatic N) is 1. The Morgan fingerprint density at radius 3 is 2.45 bits per heavy atom. The van der Waals surface area contributed by atoms with Crippen LogP contribution in [0.3, 0.4) is 0 Å². The third-order valence-electron chi connectivity index (χ3n) is 3.70. The summed E-state index contributed by atoms with van der Waals surface area (Å²) in [6.07, 6.45) is 0. The second-order valence-corrected chi connectivity index (χ2v) is 4.95. The third kappa shape index (κ3) is 2.13. The van der Waals surface area contributed by atoms with Crippen molar-refractivity contribution in [2.75, 3.05) is 18.0 Å². The van der Waals surface area contributed by atoms with E-state index in [0.717, 1.165) is 0 Å². The molecule has 1 saturated heterocycles. The molecule has 0 saturated carbocycles. The number of carbonyl (C=O) groups is 1. The molecule has 4 heteroatoms. The molecule has 1 heterocycles. The van der Waals surface area contributed by atoms with Gasteiger partial charge in [0.2, 0.25) is 0 Å². The van der Waals surface area contributed by atoms with Crippen molar-refractivity contribution in [1.29, 1.82) is 0 Å². The molecule has 3 nitrogen and oxygen atoms in total. The molecule has 0 aromatic heterocycles. The zero-order valence-corrected chi connectivity index (χ0v) is 10.8. The van der Waals surface area contributed by atoms with Crippen LogP contribution in [0.2, 0.25) is 0 Å². The van der Waals surface area contributed by atoms with Crippen molar-refractivity contribution < 1.29 is 14.3 Å². The minimum Gasteiger partial charge on any atom is -0.478 e. The normalized spacial score (nSPS) is 14.9. The largest absolute Gasteiger partial charge is 0.478 e. The van der Waals surface area contributed by atoms with E-state index in [9.17, 15) is 9.18 Å². The number of hydrogen-bond acceptors (Lipinski definition) is 2. The monoisotopic (exact) mass is 271 g/mol. The number of carboxylic acid groups (broad SMARTS) is 1. The standard InChI is InChI=1S/C16H14FNO2/c17-13-7-4-8-14(15(13)16(19)20)18-9-12(10-18)11-5-2-1-3-6-11/h1-8,12H,9-10H2,(H,19,20). The van der Waals surface area contributed by atoms with Crippen LogP contribution >= 0.6 is 0 Å². The third-order valence-corrected chi connectivity index (χ3v) is 3.70. The Labute approximate surface area is 116 Å². The van der Waals surface area contributed by atoms with E-state index in [4.69, 9.17) is 5.11 Å². The van der Waals surface area contributed by atoms with Gasteiger partial charge in [-0.25, -0.2) is 9.18 Å². The molecule has 0 unspecified atom stereocenters. The van der Waals surface area contributed by atoms with Crippen LogP contribution in [0, 0.1) is 5.82 Å². The molecular weight excluding hydrogens is 257 g/mol. The number of anilines is 1. The van der Waals surface area contributed by atoms with Crippen LogP contribution in [0.5, 0.6) is 0 Å².